The van der Waals surface area contributed by atoms with E-state index in [9.17, 15) is 14.4 Å². The molecule has 1 fully saturated rings. The van der Waals surface area contributed by atoms with Crippen LogP contribution in [0.4, 0.5) is 0 Å². The number of piperidine rings is 1. The molecule has 34 heavy (non-hydrogen) atoms. The van der Waals surface area contributed by atoms with E-state index >= 15 is 0 Å². The summed E-state index contributed by atoms with van der Waals surface area (Å²) in [6.07, 6.45) is 4.76. The molecule has 4 rings (SSSR count). The number of carbonyl (C=O) groups is 2. The second-order valence-corrected chi connectivity index (χ2v) is 8.77. The Hall–Kier alpha value is -3.30. The Morgan fingerprint density at radius 2 is 1.76 bits per heavy atom. The number of hydrogen-bond acceptors (Lipinski definition) is 6. The number of ether oxygens (including phenoxy) is 1. The number of aromatic nitrogens is 2. The number of likely N-dealkylation sites (tertiary alicyclic amines) is 1. The molecule has 178 valence electrons. The molecule has 2 heterocycles. The van der Waals surface area contributed by atoms with Gasteiger partial charge in [-0.05, 0) is 93.6 Å². The molecule has 1 aromatic heterocycles. The lowest BCUT2D eigenvalue weighted by Gasteiger charge is -2.26. The summed E-state index contributed by atoms with van der Waals surface area (Å²) < 4.78 is 6.29. The van der Waals surface area contributed by atoms with Gasteiger partial charge in [-0.2, -0.15) is 0 Å². The number of esters is 1. The summed E-state index contributed by atoms with van der Waals surface area (Å²) in [6.45, 7) is 3.93. The maximum atomic E-state index is 13.1. The van der Waals surface area contributed by atoms with Gasteiger partial charge in [0.25, 0.3) is 11.5 Å². The van der Waals surface area contributed by atoms with Gasteiger partial charge in [0.15, 0.2) is 4.77 Å². The van der Waals surface area contributed by atoms with Crippen LogP contribution in [0.1, 0.15) is 46.4 Å². The zero-order chi connectivity index (χ0) is 24.1. The Bertz CT molecular complexity index is 1310. The minimum Gasteiger partial charge on any atom is -0.465 e. The minimum atomic E-state index is -0.495. The Morgan fingerprint density at radius 3 is 2.47 bits per heavy atom. The van der Waals surface area contributed by atoms with Crippen molar-refractivity contribution in [2.45, 2.75) is 25.7 Å². The number of nitrogens with one attached hydrogen (secondary N) is 2. The molecule has 8 nitrogen and oxygen atoms in total. The molecule has 3 aromatic rings. The second-order valence-electron chi connectivity index (χ2n) is 8.38. The molecule has 2 aromatic carbocycles. The zero-order valence-corrected chi connectivity index (χ0v) is 20.0. The van der Waals surface area contributed by atoms with Crippen molar-refractivity contribution in [3.8, 4) is 5.69 Å². The van der Waals surface area contributed by atoms with Crippen LogP contribution in [-0.4, -0.2) is 59.6 Å². The van der Waals surface area contributed by atoms with Gasteiger partial charge in [0.1, 0.15) is 0 Å². The minimum absolute atomic E-state index is 0.142. The van der Waals surface area contributed by atoms with E-state index in [1.54, 1.807) is 36.4 Å². The zero-order valence-electron chi connectivity index (χ0n) is 19.1. The van der Waals surface area contributed by atoms with Crippen LogP contribution in [0, 0.1) is 4.77 Å². The number of methoxy groups -OCH3 is 1. The largest absolute Gasteiger partial charge is 0.465 e. The normalized spacial score (nSPS) is 14.1. The Balaban J connectivity index is 1.46. The lowest BCUT2D eigenvalue weighted by molar-refractivity contribution is 0.0600. The predicted molar refractivity (Wildman–Crippen MR) is 133 cm³/mol. The van der Waals surface area contributed by atoms with Gasteiger partial charge in [0.05, 0.1) is 29.3 Å². The molecule has 1 aliphatic heterocycles. The topological polar surface area (TPSA) is 96.4 Å². The monoisotopic (exact) mass is 480 g/mol. The highest BCUT2D eigenvalue weighted by Gasteiger charge is 2.13. The van der Waals surface area contributed by atoms with Gasteiger partial charge in [0.2, 0.25) is 0 Å². The molecule has 0 bridgehead atoms. The predicted octanol–water partition coefficient (Wildman–Crippen LogP) is 3.44. The van der Waals surface area contributed by atoms with Gasteiger partial charge in [-0.1, -0.05) is 6.42 Å². The number of fused-ring (bicyclic) bond motifs is 1. The van der Waals surface area contributed by atoms with Crippen LogP contribution in [-0.2, 0) is 4.74 Å². The van der Waals surface area contributed by atoms with Crippen LogP contribution >= 0.6 is 12.2 Å². The van der Waals surface area contributed by atoms with Crippen molar-refractivity contribution in [3.05, 3.63) is 68.7 Å². The molecule has 1 aliphatic rings. The summed E-state index contributed by atoms with van der Waals surface area (Å²) in [5.41, 5.74) is 1.53. The summed E-state index contributed by atoms with van der Waals surface area (Å²) in [7, 11) is 1.30. The van der Waals surface area contributed by atoms with Crippen LogP contribution in [0.15, 0.2) is 47.3 Å². The number of hydrogen-bond donors (Lipinski definition) is 2. The fourth-order valence-electron chi connectivity index (χ4n) is 4.25. The molecule has 0 saturated carbocycles. The van der Waals surface area contributed by atoms with Crippen molar-refractivity contribution in [2.24, 2.45) is 0 Å². The van der Waals surface area contributed by atoms with Crippen LogP contribution in [0.25, 0.3) is 16.6 Å². The van der Waals surface area contributed by atoms with Crippen molar-refractivity contribution < 1.29 is 14.3 Å². The molecule has 1 saturated heterocycles. The average Bonchev–Trinajstić information content (AvgIpc) is 2.86. The van der Waals surface area contributed by atoms with E-state index < -0.39 is 5.97 Å². The van der Waals surface area contributed by atoms with E-state index in [-0.39, 0.29) is 16.2 Å². The first-order valence-corrected chi connectivity index (χ1v) is 11.9. The van der Waals surface area contributed by atoms with E-state index in [2.05, 4.69) is 15.2 Å². The molecule has 2 N–H and O–H groups in total. The number of carbonyl (C=O) groups excluding carboxylic acids is 2. The van der Waals surface area contributed by atoms with Crippen molar-refractivity contribution in [1.29, 1.82) is 0 Å². The average molecular weight is 481 g/mol. The molecule has 9 heteroatoms. The first kappa shape index (κ1) is 23.8. The van der Waals surface area contributed by atoms with Gasteiger partial charge in [-0.3, -0.25) is 14.2 Å². The quantitative estimate of drug-likeness (QED) is 0.306. The van der Waals surface area contributed by atoms with E-state index in [0.29, 0.717) is 34.3 Å². The molecule has 0 radical (unpaired) electrons. The van der Waals surface area contributed by atoms with Crippen LogP contribution in [0.3, 0.4) is 0 Å². The summed E-state index contributed by atoms with van der Waals surface area (Å²) in [6, 6.07) is 11.4. The van der Waals surface area contributed by atoms with Gasteiger partial charge in [-0.25, -0.2) is 4.79 Å². The molecular weight excluding hydrogens is 452 g/mol. The smallest absolute Gasteiger partial charge is 0.337 e. The number of H-pyrrole nitrogens is 1. The van der Waals surface area contributed by atoms with Crippen LogP contribution in [0.2, 0.25) is 0 Å². The third-order valence-corrected chi connectivity index (χ3v) is 6.38. The first-order valence-electron chi connectivity index (χ1n) is 11.5. The summed E-state index contributed by atoms with van der Waals surface area (Å²) in [4.78, 5) is 42.8. The lowest BCUT2D eigenvalue weighted by atomic mass is 10.1. The standard InChI is InChI=1S/C25H28N4O4S/c1-33-24(32)18-8-11-20-21(16-18)27-25(34)29(23(20)31)19-9-6-17(7-10-19)22(30)26-12-5-15-28-13-3-2-4-14-28/h6-11,16H,2-5,12-15H2,1H3,(H,26,30)(H,27,34). The highest BCUT2D eigenvalue weighted by atomic mass is 32.1. The third kappa shape index (κ3) is 5.26. The van der Waals surface area contributed by atoms with Gasteiger partial charge in [-0.15, -0.1) is 0 Å². The maximum Gasteiger partial charge on any atom is 0.337 e. The Morgan fingerprint density at radius 1 is 1.06 bits per heavy atom. The number of rotatable bonds is 7. The van der Waals surface area contributed by atoms with E-state index in [1.165, 1.54) is 37.0 Å². The van der Waals surface area contributed by atoms with Crippen molar-refractivity contribution >= 4 is 35.0 Å². The number of amides is 1. The van der Waals surface area contributed by atoms with E-state index in [0.717, 1.165) is 26.1 Å². The van der Waals surface area contributed by atoms with Gasteiger partial charge in [0, 0.05) is 12.1 Å². The molecular formula is C25H28N4O4S. The highest BCUT2D eigenvalue weighted by Crippen LogP contribution is 2.15. The molecule has 0 aliphatic carbocycles. The molecule has 1 amide bonds. The fraction of sp³-hybridized carbons (Fsp3) is 0.360. The third-order valence-electron chi connectivity index (χ3n) is 6.09. The van der Waals surface area contributed by atoms with Gasteiger partial charge >= 0.3 is 5.97 Å². The Labute approximate surface area is 202 Å². The first-order chi connectivity index (χ1) is 16.5. The molecule has 0 spiro atoms. The van der Waals surface area contributed by atoms with Crippen molar-refractivity contribution in [2.75, 3.05) is 33.3 Å². The SMILES string of the molecule is COC(=O)c1ccc2c(=O)n(-c3ccc(C(=O)NCCCN4CCCCC4)cc3)c(=S)[nH]c2c1. The fourth-order valence-corrected chi connectivity index (χ4v) is 4.55. The van der Waals surface area contributed by atoms with Gasteiger partial charge < -0.3 is 19.9 Å². The summed E-state index contributed by atoms with van der Waals surface area (Å²) in [5, 5.41) is 3.35. The number of benzene rings is 2. The van der Waals surface area contributed by atoms with Crippen molar-refractivity contribution in [1.82, 2.24) is 19.8 Å². The number of nitrogens with zero attached hydrogens (tertiary/aromatic N) is 2. The van der Waals surface area contributed by atoms with E-state index in [4.69, 9.17) is 17.0 Å². The van der Waals surface area contributed by atoms with Crippen molar-refractivity contribution in [3.63, 3.8) is 0 Å². The second kappa shape index (κ2) is 10.8. The Kier molecular flexibility index (Phi) is 7.54. The molecule has 0 unspecified atom stereocenters. The lowest BCUT2D eigenvalue weighted by Crippen LogP contribution is -2.33. The molecule has 0 atom stereocenters. The number of aromatic amines is 1. The van der Waals surface area contributed by atoms with E-state index in [1.807, 2.05) is 0 Å². The highest BCUT2D eigenvalue weighted by molar-refractivity contribution is 7.71. The van der Waals surface area contributed by atoms with Crippen LogP contribution < -0.4 is 10.9 Å². The summed E-state index contributed by atoms with van der Waals surface area (Å²) >= 11 is 5.40. The van der Waals surface area contributed by atoms with Crippen LogP contribution in [0.5, 0.6) is 0 Å². The maximum absolute atomic E-state index is 13.1. The summed E-state index contributed by atoms with van der Waals surface area (Å²) in [5.74, 6) is -0.637.